The minimum absolute atomic E-state index is 0.200. The van der Waals surface area contributed by atoms with Crippen molar-refractivity contribution in [3.8, 4) is 5.75 Å². The van der Waals surface area contributed by atoms with Crippen molar-refractivity contribution in [3.05, 3.63) is 36.2 Å². The Bertz CT molecular complexity index is 529. The number of amides is 1. The summed E-state index contributed by atoms with van der Waals surface area (Å²) in [6.07, 6.45) is 0.0198. The van der Waals surface area contributed by atoms with E-state index in [4.69, 9.17) is 4.74 Å². The topological polar surface area (TPSA) is 92.8 Å². The first-order chi connectivity index (χ1) is 9.70. The molecule has 0 spiro atoms. The molecule has 7 heteroatoms. The Morgan fingerprint density at radius 2 is 2.15 bits per heavy atom. The third kappa shape index (κ3) is 3.53. The van der Waals surface area contributed by atoms with E-state index in [0.717, 1.165) is 0 Å². The average molecular weight is 275 g/mol. The number of nitrogens with zero attached hydrogens (tertiary/aromatic N) is 3. The van der Waals surface area contributed by atoms with E-state index in [1.807, 2.05) is 37.3 Å². The molecule has 2 unspecified atom stereocenters. The van der Waals surface area contributed by atoms with Crippen LogP contribution in [0.2, 0.25) is 0 Å². The van der Waals surface area contributed by atoms with Gasteiger partial charge in [0.15, 0.2) is 11.9 Å². The van der Waals surface area contributed by atoms with Gasteiger partial charge in [-0.3, -0.25) is 4.79 Å². The number of tetrazole rings is 1. The number of H-pyrrole nitrogens is 1. The van der Waals surface area contributed by atoms with Gasteiger partial charge in [0.1, 0.15) is 5.75 Å². The fraction of sp³-hybridized carbons (Fsp3) is 0.385. The van der Waals surface area contributed by atoms with Crippen molar-refractivity contribution in [1.82, 2.24) is 25.9 Å². The lowest BCUT2D eigenvalue weighted by Gasteiger charge is -2.19. The maximum atomic E-state index is 12.2. The smallest absolute Gasteiger partial charge is 0.261 e. The SMILES string of the molecule is CCC(Oc1ccccc1)C(=O)NC(C)c1nn[nH]n1. The first kappa shape index (κ1) is 14.0. The zero-order valence-corrected chi connectivity index (χ0v) is 11.4. The van der Waals surface area contributed by atoms with Crippen LogP contribution in [0.5, 0.6) is 5.75 Å². The summed E-state index contributed by atoms with van der Waals surface area (Å²) in [7, 11) is 0. The Morgan fingerprint density at radius 3 is 2.75 bits per heavy atom. The van der Waals surface area contributed by atoms with E-state index in [1.54, 1.807) is 6.92 Å². The van der Waals surface area contributed by atoms with Crippen LogP contribution in [0.4, 0.5) is 0 Å². The second-order valence-electron chi connectivity index (χ2n) is 4.33. The van der Waals surface area contributed by atoms with Gasteiger partial charge in [0.05, 0.1) is 6.04 Å². The van der Waals surface area contributed by atoms with Crippen molar-refractivity contribution in [3.63, 3.8) is 0 Å². The van der Waals surface area contributed by atoms with Crippen molar-refractivity contribution in [2.45, 2.75) is 32.4 Å². The highest BCUT2D eigenvalue weighted by molar-refractivity contribution is 5.81. The van der Waals surface area contributed by atoms with Crippen LogP contribution in [-0.2, 0) is 4.79 Å². The van der Waals surface area contributed by atoms with Gasteiger partial charge < -0.3 is 10.1 Å². The summed E-state index contributed by atoms with van der Waals surface area (Å²) >= 11 is 0. The normalized spacial score (nSPS) is 13.5. The van der Waals surface area contributed by atoms with Gasteiger partial charge in [-0.2, -0.15) is 5.21 Å². The Kier molecular flexibility index (Phi) is 4.65. The second kappa shape index (κ2) is 6.65. The molecule has 1 heterocycles. The molecule has 2 rings (SSSR count). The predicted octanol–water partition coefficient (Wildman–Crippen LogP) is 1.23. The molecule has 0 radical (unpaired) electrons. The molecule has 0 aliphatic heterocycles. The van der Waals surface area contributed by atoms with E-state index in [-0.39, 0.29) is 11.9 Å². The molecule has 0 fully saturated rings. The molecule has 20 heavy (non-hydrogen) atoms. The van der Waals surface area contributed by atoms with Crippen LogP contribution >= 0.6 is 0 Å². The zero-order valence-electron chi connectivity index (χ0n) is 11.4. The summed E-state index contributed by atoms with van der Waals surface area (Å²) < 4.78 is 5.67. The zero-order chi connectivity index (χ0) is 14.4. The Hall–Kier alpha value is -2.44. The van der Waals surface area contributed by atoms with Crippen molar-refractivity contribution in [1.29, 1.82) is 0 Å². The summed E-state index contributed by atoms with van der Waals surface area (Å²) in [5.74, 6) is 0.906. The van der Waals surface area contributed by atoms with Gasteiger partial charge in [0, 0.05) is 0 Å². The molecule has 1 aromatic carbocycles. The first-order valence-electron chi connectivity index (χ1n) is 6.46. The number of benzene rings is 1. The molecule has 106 valence electrons. The minimum atomic E-state index is -0.549. The fourth-order valence-electron chi connectivity index (χ4n) is 1.71. The highest BCUT2D eigenvalue weighted by Gasteiger charge is 2.22. The molecule has 0 saturated heterocycles. The number of carbonyl (C=O) groups is 1. The Morgan fingerprint density at radius 1 is 1.40 bits per heavy atom. The van der Waals surface area contributed by atoms with Crippen LogP contribution in [0.3, 0.4) is 0 Å². The van der Waals surface area contributed by atoms with Crippen LogP contribution in [-0.4, -0.2) is 32.6 Å². The number of carbonyl (C=O) groups excluding carboxylic acids is 1. The monoisotopic (exact) mass is 275 g/mol. The number of aromatic nitrogens is 4. The van der Waals surface area contributed by atoms with Gasteiger partial charge in [-0.05, 0) is 25.5 Å². The van der Waals surface area contributed by atoms with E-state index in [2.05, 4.69) is 25.9 Å². The maximum absolute atomic E-state index is 12.2. The van der Waals surface area contributed by atoms with E-state index in [0.29, 0.717) is 18.0 Å². The van der Waals surface area contributed by atoms with Crippen LogP contribution < -0.4 is 10.1 Å². The van der Waals surface area contributed by atoms with E-state index in [1.165, 1.54) is 0 Å². The molecule has 2 aromatic rings. The quantitative estimate of drug-likeness (QED) is 0.827. The molecule has 0 aliphatic rings. The molecule has 1 aromatic heterocycles. The van der Waals surface area contributed by atoms with Gasteiger partial charge in [-0.25, -0.2) is 0 Å². The van der Waals surface area contributed by atoms with Gasteiger partial charge >= 0.3 is 0 Å². The maximum Gasteiger partial charge on any atom is 0.261 e. The summed E-state index contributed by atoms with van der Waals surface area (Å²) in [6.45, 7) is 3.68. The highest BCUT2D eigenvalue weighted by Crippen LogP contribution is 2.13. The largest absolute Gasteiger partial charge is 0.481 e. The lowest BCUT2D eigenvalue weighted by atomic mass is 10.2. The molecule has 1 amide bonds. The molecule has 0 bridgehead atoms. The Balaban J connectivity index is 1.95. The van der Waals surface area contributed by atoms with E-state index < -0.39 is 6.10 Å². The van der Waals surface area contributed by atoms with Crippen molar-refractivity contribution < 1.29 is 9.53 Å². The summed E-state index contributed by atoms with van der Waals surface area (Å²) in [5.41, 5.74) is 0. The van der Waals surface area contributed by atoms with Crippen LogP contribution in [0.1, 0.15) is 32.1 Å². The lowest BCUT2D eigenvalue weighted by Crippen LogP contribution is -2.39. The van der Waals surface area contributed by atoms with E-state index >= 15 is 0 Å². The van der Waals surface area contributed by atoms with Gasteiger partial charge in [-0.15, -0.1) is 10.2 Å². The van der Waals surface area contributed by atoms with Gasteiger partial charge in [0.25, 0.3) is 5.91 Å². The fourth-order valence-corrected chi connectivity index (χ4v) is 1.71. The molecular weight excluding hydrogens is 258 g/mol. The van der Waals surface area contributed by atoms with Gasteiger partial charge in [0.2, 0.25) is 0 Å². The standard InChI is InChI=1S/C13H17N5O2/c1-3-11(20-10-7-5-4-6-8-10)13(19)14-9(2)12-15-17-18-16-12/h4-9,11H,3H2,1-2H3,(H,14,19)(H,15,16,17,18). The van der Waals surface area contributed by atoms with Crippen LogP contribution in [0, 0.1) is 0 Å². The van der Waals surface area contributed by atoms with E-state index in [9.17, 15) is 4.79 Å². The van der Waals surface area contributed by atoms with Crippen molar-refractivity contribution in [2.75, 3.05) is 0 Å². The van der Waals surface area contributed by atoms with Crippen molar-refractivity contribution >= 4 is 5.91 Å². The Labute approximate surface area is 116 Å². The summed E-state index contributed by atoms with van der Waals surface area (Å²) in [4.78, 5) is 12.2. The third-order valence-corrected chi connectivity index (χ3v) is 2.79. The highest BCUT2D eigenvalue weighted by atomic mass is 16.5. The number of hydrogen-bond acceptors (Lipinski definition) is 5. The van der Waals surface area contributed by atoms with Crippen molar-refractivity contribution in [2.24, 2.45) is 0 Å². The van der Waals surface area contributed by atoms with Gasteiger partial charge in [-0.1, -0.05) is 30.3 Å². The second-order valence-corrected chi connectivity index (χ2v) is 4.33. The number of nitrogens with one attached hydrogen (secondary N) is 2. The molecule has 7 nitrogen and oxygen atoms in total. The molecule has 2 N–H and O–H groups in total. The molecule has 2 atom stereocenters. The minimum Gasteiger partial charge on any atom is -0.481 e. The average Bonchev–Trinajstić information content (AvgIpc) is 3.00. The number of para-hydroxylation sites is 1. The number of rotatable bonds is 6. The molecule has 0 saturated carbocycles. The number of hydrogen-bond donors (Lipinski definition) is 2. The number of ether oxygens (including phenoxy) is 1. The summed E-state index contributed by atoms with van der Waals surface area (Å²) in [6, 6.07) is 8.93. The molecular formula is C13H17N5O2. The van der Waals surface area contributed by atoms with Crippen LogP contribution in [0.25, 0.3) is 0 Å². The predicted molar refractivity (Wildman–Crippen MR) is 71.9 cm³/mol. The third-order valence-electron chi connectivity index (χ3n) is 2.79. The lowest BCUT2D eigenvalue weighted by molar-refractivity contribution is -0.128. The van der Waals surface area contributed by atoms with Crippen LogP contribution in [0.15, 0.2) is 30.3 Å². The first-order valence-corrected chi connectivity index (χ1v) is 6.46. The summed E-state index contributed by atoms with van der Waals surface area (Å²) in [5, 5.41) is 16.3. The number of aromatic amines is 1. The molecule has 0 aliphatic carbocycles.